The number of nitrogens with one attached hydrogen (secondary N) is 1. The van der Waals surface area contributed by atoms with Gasteiger partial charge in [-0.25, -0.2) is 9.37 Å². The van der Waals surface area contributed by atoms with E-state index in [-0.39, 0.29) is 11.7 Å². The third-order valence-corrected chi connectivity index (χ3v) is 5.45. The number of amides is 1. The highest BCUT2D eigenvalue weighted by atomic mass is 32.1. The van der Waals surface area contributed by atoms with Gasteiger partial charge in [-0.15, -0.1) is 11.3 Å². The number of thiazole rings is 1. The number of rotatable bonds is 5. The first-order valence-corrected chi connectivity index (χ1v) is 9.24. The number of hydrogen-bond acceptors (Lipinski definition) is 5. The van der Waals surface area contributed by atoms with Crippen molar-refractivity contribution >= 4 is 22.9 Å². The topological polar surface area (TPSA) is 48.5 Å². The van der Waals surface area contributed by atoms with Gasteiger partial charge in [0.25, 0.3) is 0 Å². The second kappa shape index (κ2) is 8.03. The molecule has 0 atom stereocenters. The molecular formula is C18H23FN4OS. The highest BCUT2D eigenvalue weighted by Crippen LogP contribution is 2.18. The van der Waals surface area contributed by atoms with Crippen molar-refractivity contribution in [2.45, 2.75) is 20.4 Å². The predicted molar refractivity (Wildman–Crippen MR) is 98.3 cm³/mol. The maximum atomic E-state index is 12.9. The van der Waals surface area contributed by atoms with Gasteiger partial charge in [0, 0.05) is 36.7 Å². The quantitative estimate of drug-likeness (QED) is 0.888. The molecule has 5 nitrogen and oxygen atoms in total. The molecule has 2 aromatic rings. The van der Waals surface area contributed by atoms with Crippen LogP contribution in [-0.2, 0) is 11.3 Å². The second-order valence-electron chi connectivity index (χ2n) is 6.36. The lowest BCUT2D eigenvalue weighted by Gasteiger charge is -2.33. The Morgan fingerprint density at radius 1 is 1.16 bits per heavy atom. The fraction of sp³-hybridized carbons (Fsp3) is 0.444. The zero-order chi connectivity index (χ0) is 17.8. The third kappa shape index (κ3) is 5.07. The number of benzene rings is 1. The first kappa shape index (κ1) is 18.0. The Bertz CT molecular complexity index is 704. The fourth-order valence-electron chi connectivity index (χ4n) is 2.84. The summed E-state index contributed by atoms with van der Waals surface area (Å²) in [6.07, 6.45) is 0. The van der Waals surface area contributed by atoms with E-state index in [1.807, 2.05) is 6.92 Å². The molecular weight excluding hydrogens is 339 g/mol. The van der Waals surface area contributed by atoms with Gasteiger partial charge < -0.3 is 5.32 Å². The van der Waals surface area contributed by atoms with Crippen LogP contribution < -0.4 is 5.32 Å². The van der Waals surface area contributed by atoms with Gasteiger partial charge in [0.15, 0.2) is 0 Å². The molecule has 2 heterocycles. The minimum Gasteiger partial charge on any atom is -0.325 e. The first-order chi connectivity index (χ1) is 12.0. The van der Waals surface area contributed by atoms with Crippen molar-refractivity contribution in [3.63, 3.8) is 0 Å². The van der Waals surface area contributed by atoms with Gasteiger partial charge in [-0.2, -0.15) is 0 Å². The summed E-state index contributed by atoms with van der Waals surface area (Å²) in [5, 5.41) is 3.97. The lowest BCUT2D eigenvalue weighted by molar-refractivity contribution is -0.117. The van der Waals surface area contributed by atoms with Crippen molar-refractivity contribution in [3.8, 4) is 0 Å². The molecule has 134 valence electrons. The molecule has 1 N–H and O–H groups in total. The van der Waals surface area contributed by atoms with Gasteiger partial charge in [-0.3, -0.25) is 14.6 Å². The molecule has 1 fully saturated rings. The molecule has 1 aromatic carbocycles. The highest BCUT2D eigenvalue weighted by Gasteiger charge is 2.20. The van der Waals surface area contributed by atoms with Crippen LogP contribution in [0.2, 0.25) is 0 Å². The van der Waals surface area contributed by atoms with E-state index in [1.54, 1.807) is 23.5 Å². The Kier molecular flexibility index (Phi) is 5.78. The standard InChI is InChI=1S/C18H23FN4OS/c1-13-14(2)25-18(20-13)12-23-9-7-22(8-10-23)11-17(24)21-16-5-3-15(19)4-6-16/h3-6H,7-12H2,1-2H3,(H,21,24). The second-order valence-corrected chi connectivity index (χ2v) is 7.64. The number of hydrogen-bond donors (Lipinski definition) is 1. The summed E-state index contributed by atoms with van der Waals surface area (Å²) in [6.45, 7) is 8.99. The summed E-state index contributed by atoms with van der Waals surface area (Å²) in [4.78, 5) is 22.5. The average Bonchev–Trinajstić information content (AvgIpc) is 2.89. The summed E-state index contributed by atoms with van der Waals surface area (Å²) in [5.74, 6) is -0.369. The monoisotopic (exact) mass is 362 g/mol. The molecule has 1 aliphatic rings. The Morgan fingerprint density at radius 3 is 2.40 bits per heavy atom. The van der Waals surface area contributed by atoms with Gasteiger partial charge >= 0.3 is 0 Å². The van der Waals surface area contributed by atoms with E-state index in [9.17, 15) is 9.18 Å². The zero-order valence-electron chi connectivity index (χ0n) is 14.6. The van der Waals surface area contributed by atoms with Crippen molar-refractivity contribution in [3.05, 3.63) is 45.7 Å². The van der Waals surface area contributed by atoms with Crippen LogP contribution in [0.5, 0.6) is 0 Å². The van der Waals surface area contributed by atoms with E-state index in [4.69, 9.17) is 0 Å². The summed E-state index contributed by atoms with van der Waals surface area (Å²) in [7, 11) is 0. The molecule has 1 aromatic heterocycles. The number of anilines is 1. The molecule has 0 saturated carbocycles. The van der Waals surface area contributed by atoms with E-state index in [0.29, 0.717) is 12.2 Å². The fourth-order valence-corrected chi connectivity index (χ4v) is 3.82. The van der Waals surface area contributed by atoms with Crippen LogP contribution in [0.3, 0.4) is 0 Å². The van der Waals surface area contributed by atoms with Crippen molar-refractivity contribution < 1.29 is 9.18 Å². The van der Waals surface area contributed by atoms with Crippen LogP contribution >= 0.6 is 11.3 Å². The summed E-state index contributed by atoms with van der Waals surface area (Å²) < 4.78 is 12.9. The molecule has 25 heavy (non-hydrogen) atoms. The summed E-state index contributed by atoms with van der Waals surface area (Å²) in [6, 6.07) is 5.83. The Hall–Kier alpha value is -1.83. The van der Waals surface area contributed by atoms with Crippen molar-refractivity contribution in [1.29, 1.82) is 0 Å². The van der Waals surface area contributed by atoms with Crippen LogP contribution in [0.4, 0.5) is 10.1 Å². The minimum atomic E-state index is -0.306. The number of halogens is 1. The molecule has 3 rings (SSSR count). The van der Waals surface area contributed by atoms with Gasteiger partial charge in [-0.1, -0.05) is 0 Å². The average molecular weight is 362 g/mol. The number of carbonyl (C=O) groups is 1. The SMILES string of the molecule is Cc1nc(CN2CCN(CC(=O)Nc3ccc(F)cc3)CC2)sc1C. The van der Waals surface area contributed by atoms with Gasteiger partial charge in [0.2, 0.25) is 5.91 Å². The zero-order valence-corrected chi connectivity index (χ0v) is 15.4. The Balaban J connectivity index is 1.42. The maximum Gasteiger partial charge on any atom is 0.238 e. The summed E-state index contributed by atoms with van der Waals surface area (Å²) in [5.41, 5.74) is 1.75. The largest absolute Gasteiger partial charge is 0.325 e. The number of aromatic nitrogens is 1. The van der Waals surface area contributed by atoms with Crippen LogP contribution in [0.25, 0.3) is 0 Å². The molecule has 0 radical (unpaired) electrons. The van der Waals surface area contributed by atoms with Crippen molar-refractivity contribution in [2.75, 3.05) is 38.0 Å². The van der Waals surface area contributed by atoms with E-state index in [0.717, 1.165) is 43.4 Å². The Morgan fingerprint density at radius 2 is 1.80 bits per heavy atom. The number of aryl methyl sites for hydroxylation is 2. The molecule has 0 spiro atoms. The maximum absolute atomic E-state index is 12.9. The minimum absolute atomic E-state index is 0.0637. The summed E-state index contributed by atoms with van der Waals surface area (Å²) >= 11 is 1.76. The van der Waals surface area contributed by atoms with Crippen LogP contribution in [0.1, 0.15) is 15.6 Å². The van der Waals surface area contributed by atoms with E-state index in [2.05, 4.69) is 27.0 Å². The first-order valence-electron chi connectivity index (χ1n) is 8.42. The molecule has 0 unspecified atom stereocenters. The number of carbonyl (C=O) groups excluding carboxylic acids is 1. The predicted octanol–water partition coefficient (Wildman–Crippen LogP) is 2.66. The lowest BCUT2D eigenvalue weighted by Crippen LogP contribution is -2.48. The van der Waals surface area contributed by atoms with Crippen LogP contribution in [-0.4, -0.2) is 53.4 Å². The molecule has 1 saturated heterocycles. The molecule has 7 heteroatoms. The van der Waals surface area contributed by atoms with Crippen molar-refractivity contribution in [2.24, 2.45) is 0 Å². The van der Waals surface area contributed by atoms with Gasteiger partial charge in [-0.05, 0) is 38.1 Å². The normalized spacial score (nSPS) is 16.1. The molecule has 0 bridgehead atoms. The lowest BCUT2D eigenvalue weighted by atomic mass is 10.3. The van der Waals surface area contributed by atoms with Gasteiger partial charge in [0.05, 0.1) is 18.8 Å². The van der Waals surface area contributed by atoms with E-state index in [1.165, 1.54) is 17.0 Å². The van der Waals surface area contributed by atoms with E-state index >= 15 is 0 Å². The van der Waals surface area contributed by atoms with Crippen LogP contribution in [0, 0.1) is 19.7 Å². The molecule has 1 amide bonds. The van der Waals surface area contributed by atoms with Crippen molar-refractivity contribution in [1.82, 2.24) is 14.8 Å². The van der Waals surface area contributed by atoms with E-state index < -0.39 is 0 Å². The Labute approximate surface area is 151 Å². The van der Waals surface area contributed by atoms with Crippen LogP contribution in [0.15, 0.2) is 24.3 Å². The highest BCUT2D eigenvalue weighted by molar-refractivity contribution is 7.11. The molecule has 0 aliphatic carbocycles. The van der Waals surface area contributed by atoms with Gasteiger partial charge in [0.1, 0.15) is 10.8 Å². The third-order valence-electron chi connectivity index (χ3n) is 4.39. The number of piperazine rings is 1. The molecule has 1 aliphatic heterocycles. The smallest absolute Gasteiger partial charge is 0.238 e. The number of nitrogens with zero attached hydrogens (tertiary/aromatic N) is 3.